The molecule has 0 rings (SSSR count). The average Bonchev–Trinajstić information content (AvgIpc) is 2.23. The number of hydrogen-bond acceptors (Lipinski definition) is 8. The smallest absolute Gasteiger partial charge is 0.550 e. The Bertz CT molecular complexity index is 278. The minimum absolute atomic E-state index is 0. The summed E-state index contributed by atoms with van der Waals surface area (Å²) in [7, 11) is 0. The van der Waals surface area contributed by atoms with Crippen molar-refractivity contribution in [2.75, 3.05) is 0 Å². The molecule has 0 amide bonds. The van der Waals surface area contributed by atoms with Crippen LogP contribution in [0.3, 0.4) is 0 Å². The molecule has 0 spiro atoms. The Balaban J connectivity index is -0.000000448. The van der Waals surface area contributed by atoms with Gasteiger partial charge in [0, 0.05) is 5.97 Å². The minimum Gasteiger partial charge on any atom is -0.550 e. The number of carbonyl (C=O) groups is 3. The van der Waals surface area contributed by atoms with E-state index in [0.717, 1.165) is 6.92 Å². The predicted octanol–water partition coefficient (Wildman–Crippen LogP) is -7.64. The maximum absolute atomic E-state index is 10.1. The van der Waals surface area contributed by atoms with Crippen LogP contribution in [0.5, 0.6) is 0 Å². The second-order valence-electron chi connectivity index (χ2n) is 3.04. The van der Waals surface area contributed by atoms with Crippen molar-refractivity contribution in [2.45, 2.75) is 31.3 Å². The van der Waals surface area contributed by atoms with Gasteiger partial charge in [0.1, 0.15) is 12.2 Å². The molecule has 0 aromatic heterocycles. The summed E-state index contributed by atoms with van der Waals surface area (Å²) >= 11 is 0. The van der Waals surface area contributed by atoms with Crippen LogP contribution in [0.4, 0.5) is 0 Å². The molecule has 10 nitrogen and oxygen atoms in total. The molecule has 0 aliphatic carbocycles. The van der Waals surface area contributed by atoms with Crippen LogP contribution >= 0.6 is 0 Å². The first-order valence-electron chi connectivity index (χ1n) is 4.37. The zero-order chi connectivity index (χ0) is 15.0. The Morgan fingerprint density at radius 1 is 0.842 bits per heavy atom. The average molecular weight is 292 g/mol. The van der Waals surface area contributed by atoms with Crippen molar-refractivity contribution in [3.8, 4) is 0 Å². The Morgan fingerprint density at radius 3 is 1.11 bits per heavy atom. The molecular weight excluding hydrogens is 279 g/mol. The molecule has 6 N–H and O–H groups in total. The normalized spacial score (nSPS) is 15.6. The summed E-state index contributed by atoms with van der Waals surface area (Å²) in [5.74, 6) is -4.76. The fourth-order valence-electron chi connectivity index (χ4n) is 0.666. The van der Waals surface area contributed by atoms with E-state index in [4.69, 9.17) is 40.5 Å². The molecule has 4 atom stereocenters. The van der Waals surface area contributed by atoms with Gasteiger partial charge in [-0.2, -0.15) is 0 Å². The van der Waals surface area contributed by atoms with Gasteiger partial charge in [-0.1, -0.05) is 0 Å². The number of rotatable bonds is 5. The van der Waals surface area contributed by atoms with Crippen LogP contribution in [-0.2, 0) is 14.4 Å². The molecule has 0 radical (unpaired) electrons. The second-order valence-corrected chi connectivity index (χ2v) is 3.04. The zero-order valence-electron chi connectivity index (χ0n) is 10.1. The van der Waals surface area contributed by atoms with E-state index in [-0.39, 0.29) is 29.6 Å². The molecule has 0 aromatic carbocycles. The number of aliphatic hydroxyl groups is 4. The topological polar surface area (TPSA) is 196 Å². The second kappa shape index (κ2) is 11.1. The summed E-state index contributed by atoms with van der Waals surface area (Å²) in [6, 6.07) is 0. The summed E-state index contributed by atoms with van der Waals surface area (Å²) in [5.41, 5.74) is 0. The van der Waals surface area contributed by atoms with Crippen LogP contribution in [0, 0.1) is 0 Å². The molecule has 0 aliphatic heterocycles. The van der Waals surface area contributed by atoms with Gasteiger partial charge in [0.2, 0.25) is 0 Å². The van der Waals surface area contributed by atoms with Crippen molar-refractivity contribution < 1.29 is 79.7 Å². The summed E-state index contributed by atoms with van der Waals surface area (Å²) in [6.45, 7) is 0.972. The number of carboxylic acid groups (broad SMARTS) is 3. The predicted molar refractivity (Wildman–Crippen MR) is 50.0 cm³/mol. The zero-order valence-corrected chi connectivity index (χ0v) is 12.1. The first-order valence-corrected chi connectivity index (χ1v) is 4.37. The maximum Gasteiger partial charge on any atom is 1.00 e. The largest absolute Gasteiger partial charge is 1.00 e. The molecule has 11 heteroatoms. The van der Waals surface area contributed by atoms with Gasteiger partial charge in [0.15, 0.2) is 12.2 Å². The van der Waals surface area contributed by atoms with E-state index >= 15 is 0 Å². The van der Waals surface area contributed by atoms with Gasteiger partial charge in [-0.05, 0) is 6.92 Å². The SMILES string of the molecule is CC(=O)[O-].O=C(O)C(O)C(O)C(O)C(O)C(=O)O.[Na+]. The first-order chi connectivity index (χ1) is 8.02. The minimum atomic E-state index is -2.36. The molecule has 106 valence electrons. The number of aliphatic carboxylic acids is 3. The van der Waals surface area contributed by atoms with Gasteiger partial charge >= 0.3 is 41.5 Å². The van der Waals surface area contributed by atoms with Crippen molar-refractivity contribution in [2.24, 2.45) is 0 Å². The standard InChI is InChI=1S/C6H10O8.C2H4O2.Na/c7-1(3(9)5(11)12)2(8)4(10)6(13)14;1-2(3)4;/h1-4,7-10H,(H,11,12)(H,13,14);1H3,(H,3,4);/q;;+1/p-1. The molecule has 0 aromatic rings. The van der Waals surface area contributed by atoms with E-state index in [9.17, 15) is 9.59 Å². The molecular formula is C8H13NaO10. The number of hydrogen-bond donors (Lipinski definition) is 6. The van der Waals surface area contributed by atoms with E-state index in [1.807, 2.05) is 0 Å². The quantitative estimate of drug-likeness (QED) is 0.265. The summed E-state index contributed by atoms with van der Waals surface area (Å²) in [4.78, 5) is 29.1. The van der Waals surface area contributed by atoms with Crippen LogP contribution in [0.1, 0.15) is 6.92 Å². The maximum atomic E-state index is 10.1. The number of aliphatic hydroxyl groups excluding tert-OH is 4. The van der Waals surface area contributed by atoms with Crippen LogP contribution in [0.2, 0.25) is 0 Å². The first kappa shape index (κ1) is 23.4. The molecule has 0 saturated heterocycles. The monoisotopic (exact) mass is 292 g/mol. The van der Waals surface area contributed by atoms with Crippen LogP contribution in [0.15, 0.2) is 0 Å². The van der Waals surface area contributed by atoms with Gasteiger partial charge in [-0.15, -0.1) is 0 Å². The Hall–Kier alpha value is -0.750. The van der Waals surface area contributed by atoms with Crippen molar-refractivity contribution in [1.82, 2.24) is 0 Å². The Labute approximate surface area is 129 Å². The van der Waals surface area contributed by atoms with E-state index < -0.39 is 42.3 Å². The van der Waals surface area contributed by atoms with E-state index in [1.165, 1.54) is 0 Å². The van der Waals surface area contributed by atoms with Gasteiger partial charge in [0.25, 0.3) is 0 Å². The Kier molecular flexibility index (Phi) is 13.7. The summed E-state index contributed by atoms with van der Waals surface area (Å²) in [5, 5.41) is 60.3. The number of carboxylic acids is 3. The van der Waals surface area contributed by atoms with E-state index in [0.29, 0.717) is 0 Å². The van der Waals surface area contributed by atoms with Crippen molar-refractivity contribution in [3.05, 3.63) is 0 Å². The number of carbonyl (C=O) groups excluding carboxylic acids is 1. The van der Waals surface area contributed by atoms with Gasteiger partial charge < -0.3 is 40.5 Å². The van der Waals surface area contributed by atoms with Crippen LogP contribution in [0.25, 0.3) is 0 Å². The Morgan fingerprint density at radius 2 is 1.00 bits per heavy atom. The van der Waals surface area contributed by atoms with Crippen molar-refractivity contribution in [3.63, 3.8) is 0 Å². The third kappa shape index (κ3) is 10.8. The van der Waals surface area contributed by atoms with E-state index in [2.05, 4.69) is 0 Å². The molecule has 0 saturated carbocycles. The van der Waals surface area contributed by atoms with Crippen molar-refractivity contribution >= 4 is 17.9 Å². The van der Waals surface area contributed by atoms with Crippen molar-refractivity contribution in [1.29, 1.82) is 0 Å². The van der Waals surface area contributed by atoms with E-state index in [1.54, 1.807) is 0 Å². The van der Waals surface area contributed by atoms with Gasteiger partial charge in [-0.3, -0.25) is 0 Å². The molecule has 19 heavy (non-hydrogen) atoms. The molecule has 0 aliphatic rings. The fraction of sp³-hybridized carbons (Fsp3) is 0.625. The third-order valence-corrected chi connectivity index (χ3v) is 1.50. The van der Waals surface area contributed by atoms with Crippen LogP contribution < -0.4 is 34.7 Å². The third-order valence-electron chi connectivity index (χ3n) is 1.50. The van der Waals surface area contributed by atoms with Gasteiger partial charge in [-0.25, -0.2) is 9.59 Å². The molecule has 0 fully saturated rings. The molecule has 0 heterocycles. The summed E-state index contributed by atoms with van der Waals surface area (Å²) < 4.78 is 0. The summed E-state index contributed by atoms with van der Waals surface area (Å²) in [6.07, 6.45) is -9.28. The van der Waals surface area contributed by atoms with Crippen LogP contribution in [-0.4, -0.2) is 73.0 Å². The van der Waals surface area contributed by atoms with Gasteiger partial charge in [0.05, 0.1) is 0 Å². The molecule has 0 bridgehead atoms. The fourth-order valence-corrected chi connectivity index (χ4v) is 0.666. The molecule has 4 unspecified atom stereocenters.